The lowest BCUT2D eigenvalue weighted by atomic mass is 9.88. The number of nitrogens with zero attached hydrogens (tertiary/aromatic N) is 1. The molecule has 0 radical (unpaired) electrons. The molecule has 3 rings (SSSR count). The lowest BCUT2D eigenvalue weighted by Gasteiger charge is -2.29. The monoisotopic (exact) mass is 287 g/mol. The van der Waals surface area contributed by atoms with Gasteiger partial charge in [-0.05, 0) is 30.0 Å². The third-order valence-corrected chi connectivity index (χ3v) is 4.66. The van der Waals surface area contributed by atoms with E-state index in [9.17, 15) is 9.59 Å². The van der Waals surface area contributed by atoms with E-state index in [2.05, 4.69) is 12.2 Å². The van der Waals surface area contributed by atoms with E-state index in [0.29, 0.717) is 13.1 Å². The van der Waals surface area contributed by atoms with Crippen LogP contribution in [0.3, 0.4) is 0 Å². The lowest BCUT2D eigenvalue weighted by Crippen LogP contribution is -2.39. The Morgan fingerprint density at radius 1 is 1.48 bits per heavy atom. The zero-order valence-electron chi connectivity index (χ0n) is 12.3. The molecule has 0 saturated carbocycles. The smallest absolute Gasteiger partial charge is 0.230 e. The minimum atomic E-state index is -0.366. The summed E-state index contributed by atoms with van der Waals surface area (Å²) in [7, 11) is 0. The molecule has 2 atom stereocenters. The number of hydrogen-bond donors (Lipinski definition) is 2. The van der Waals surface area contributed by atoms with Gasteiger partial charge in [0.25, 0.3) is 0 Å². The highest BCUT2D eigenvalue weighted by atomic mass is 16.2. The second kappa shape index (κ2) is 5.15. The average molecular weight is 287 g/mol. The number of carbonyl (C=O) groups excluding carboxylic acids is 2. The lowest BCUT2D eigenvalue weighted by molar-refractivity contribution is -0.134. The molecule has 1 aromatic carbocycles. The molecule has 1 saturated heterocycles. The Bertz CT molecular complexity index is 587. The van der Waals surface area contributed by atoms with Crippen LogP contribution in [0.4, 0.5) is 5.69 Å². The molecule has 1 fully saturated rings. The molecular formula is C16H21N3O2. The zero-order chi connectivity index (χ0) is 15.0. The van der Waals surface area contributed by atoms with Crippen molar-refractivity contribution in [3.8, 4) is 0 Å². The third-order valence-electron chi connectivity index (χ3n) is 4.66. The average Bonchev–Trinajstić information content (AvgIpc) is 2.89. The largest absolute Gasteiger partial charge is 0.342 e. The van der Waals surface area contributed by atoms with Gasteiger partial charge in [0.1, 0.15) is 0 Å². The fourth-order valence-electron chi connectivity index (χ4n) is 3.23. The van der Waals surface area contributed by atoms with Gasteiger partial charge in [0.15, 0.2) is 0 Å². The van der Waals surface area contributed by atoms with Gasteiger partial charge in [-0.25, -0.2) is 0 Å². The topological polar surface area (TPSA) is 75.4 Å². The van der Waals surface area contributed by atoms with Crippen LogP contribution in [0.15, 0.2) is 24.3 Å². The molecule has 5 nitrogen and oxygen atoms in total. The molecule has 2 aliphatic heterocycles. The number of rotatable bonds is 2. The Morgan fingerprint density at radius 3 is 2.95 bits per heavy atom. The van der Waals surface area contributed by atoms with Crippen molar-refractivity contribution in [3.05, 3.63) is 29.8 Å². The summed E-state index contributed by atoms with van der Waals surface area (Å²) >= 11 is 0. The van der Waals surface area contributed by atoms with Gasteiger partial charge in [0.05, 0.1) is 5.92 Å². The fraction of sp³-hybridized carbons (Fsp3) is 0.500. The van der Waals surface area contributed by atoms with Gasteiger partial charge in [-0.1, -0.05) is 25.1 Å². The minimum Gasteiger partial charge on any atom is -0.342 e. The molecule has 0 aromatic heterocycles. The Kier molecular flexibility index (Phi) is 3.45. The van der Waals surface area contributed by atoms with Crippen molar-refractivity contribution in [2.75, 3.05) is 25.0 Å². The molecule has 0 aliphatic carbocycles. The van der Waals surface area contributed by atoms with Crippen LogP contribution in [0.5, 0.6) is 0 Å². The van der Waals surface area contributed by atoms with E-state index in [0.717, 1.165) is 24.2 Å². The number of para-hydroxylation sites is 1. The van der Waals surface area contributed by atoms with E-state index in [1.54, 1.807) is 0 Å². The summed E-state index contributed by atoms with van der Waals surface area (Å²) < 4.78 is 0. The highest BCUT2D eigenvalue weighted by Gasteiger charge is 2.39. The van der Waals surface area contributed by atoms with Gasteiger partial charge in [0, 0.05) is 25.2 Å². The van der Waals surface area contributed by atoms with Crippen LogP contribution in [0.2, 0.25) is 0 Å². The summed E-state index contributed by atoms with van der Waals surface area (Å²) in [4.78, 5) is 26.5. The van der Waals surface area contributed by atoms with Crippen LogP contribution in [-0.2, 0) is 9.59 Å². The predicted octanol–water partition coefficient (Wildman–Crippen LogP) is 1.31. The molecule has 5 heteroatoms. The quantitative estimate of drug-likeness (QED) is 0.861. The van der Waals surface area contributed by atoms with E-state index in [1.807, 2.05) is 29.2 Å². The van der Waals surface area contributed by atoms with E-state index in [1.165, 1.54) is 0 Å². The minimum absolute atomic E-state index is 0.00606. The van der Waals surface area contributed by atoms with E-state index >= 15 is 0 Å². The first-order valence-electron chi connectivity index (χ1n) is 7.40. The maximum absolute atomic E-state index is 12.8. The predicted molar refractivity (Wildman–Crippen MR) is 80.8 cm³/mol. The van der Waals surface area contributed by atoms with Gasteiger partial charge in [0.2, 0.25) is 11.8 Å². The molecule has 0 spiro atoms. The van der Waals surface area contributed by atoms with Gasteiger partial charge in [-0.15, -0.1) is 0 Å². The maximum atomic E-state index is 12.8. The van der Waals surface area contributed by atoms with Crippen molar-refractivity contribution in [2.45, 2.75) is 25.7 Å². The highest BCUT2D eigenvalue weighted by molar-refractivity contribution is 6.01. The second-order valence-corrected chi connectivity index (χ2v) is 6.42. The summed E-state index contributed by atoms with van der Waals surface area (Å²) in [5.74, 6) is -0.405. The van der Waals surface area contributed by atoms with Crippen molar-refractivity contribution in [3.63, 3.8) is 0 Å². The second-order valence-electron chi connectivity index (χ2n) is 6.42. The van der Waals surface area contributed by atoms with Crippen molar-refractivity contribution in [1.82, 2.24) is 4.90 Å². The molecule has 2 amide bonds. The normalized spacial score (nSPS) is 28.2. The first-order valence-corrected chi connectivity index (χ1v) is 7.40. The SMILES string of the molecule is CC1(CN)CCN(C(=O)C2CC(=O)Nc3ccccc32)C1. The summed E-state index contributed by atoms with van der Waals surface area (Å²) in [6, 6.07) is 7.55. The number of carbonyl (C=O) groups is 2. The Balaban J connectivity index is 1.84. The molecule has 112 valence electrons. The standard InChI is InChI=1S/C16H21N3O2/c1-16(9-17)6-7-19(10-16)15(21)12-8-14(20)18-13-5-3-2-4-11(12)13/h2-5,12H,6-10,17H2,1H3,(H,18,20). The van der Waals surface area contributed by atoms with E-state index in [-0.39, 0.29) is 29.6 Å². The number of hydrogen-bond acceptors (Lipinski definition) is 3. The number of amides is 2. The molecule has 2 heterocycles. The first kappa shape index (κ1) is 14.1. The van der Waals surface area contributed by atoms with Gasteiger partial charge >= 0.3 is 0 Å². The van der Waals surface area contributed by atoms with E-state index in [4.69, 9.17) is 5.73 Å². The van der Waals surface area contributed by atoms with Gasteiger partial charge in [-0.2, -0.15) is 0 Å². The Morgan fingerprint density at radius 2 is 2.24 bits per heavy atom. The van der Waals surface area contributed by atoms with Crippen LogP contribution in [0.25, 0.3) is 0 Å². The molecule has 3 N–H and O–H groups in total. The summed E-state index contributed by atoms with van der Waals surface area (Å²) in [6.45, 7) is 4.11. The molecular weight excluding hydrogens is 266 g/mol. The first-order chi connectivity index (χ1) is 10.0. The highest BCUT2D eigenvalue weighted by Crippen LogP contribution is 2.36. The van der Waals surface area contributed by atoms with Crippen molar-refractivity contribution in [2.24, 2.45) is 11.1 Å². The number of nitrogens with two attached hydrogens (primary N) is 1. The number of fused-ring (bicyclic) bond motifs is 1. The van der Waals surface area contributed by atoms with Crippen LogP contribution in [-0.4, -0.2) is 36.3 Å². The summed E-state index contributed by atoms with van der Waals surface area (Å²) in [5, 5.41) is 2.83. The Hall–Kier alpha value is -1.88. The summed E-state index contributed by atoms with van der Waals surface area (Å²) in [5.41, 5.74) is 7.49. The van der Waals surface area contributed by atoms with Crippen molar-refractivity contribution >= 4 is 17.5 Å². The molecule has 2 unspecified atom stereocenters. The van der Waals surface area contributed by atoms with E-state index < -0.39 is 0 Å². The van der Waals surface area contributed by atoms with Crippen molar-refractivity contribution < 1.29 is 9.59 Å². The number of nitrogens with one attached hydrogen (secondary N) is 1. The van der Waals surface area contributed by atoms with Crippen LogP contribution in [0.1, 0.15) is 31.2 Å². The molecule has 21 heavy (non-hydrogen) atoms. The van der Waals surface area contributed by atoms with Crippen molar-refractivity contribution in [1.29, 1.82) is 0 Å². The maximum Gasteiger partial charge on any atom is 0.230 e. The van der Waals surface area contributed by atoms with Crippen LogP contribution in [0, 0.1) is 5.41 Å². The number of likely N-dealkylation sites (tertiary alicyclic amines) is 1. The summed E-state index contributed by atoms with van der Waals surface area (Å²) in [6.07, 6.45) is 1.15. The van der Waals surface area contributed by atoms with Gasteiger partial charge < -0.3 is 16.0 Å². The number of anilines is 1. The molecule has 2 aliphatic rings. The zero-order valence-corrected chi connectivity index (χ0v) is 12.3. The van der Waals surface area contributed by atoms with Crippen LogP contribution < -0.4 is 11.1 Å². The fourth-order valence-corrected chi connectivity index (χ4v) is 3.23. The third kappa shape index (κ3) is 2.53. The van der Waals surface area contributed by atoms with Gasteiger partial charge in [-0.3, -0.25) is 9.59 Å². The number of benzene rings is 1. The molecule has 1 aromatic rings. The van der Waals surface area contributed by atoms with Crippen LogP contribution >= 0.6 is 0 Å². The Labute approximate surface area is 124 Å². The molecule has 0 bridgehead atoms.